The lowest BCUT2D eigenvalue weighted by molar-refractivity contribution is -0.109. The summed E-state index contributed by atoms with van der Waals surface area (Å²) < 4.78 is 12.4. The van der Waals surface area contributed by atoms with E-state index >= 15 is 0 Å². The first-order chi connectivity index (χ1) is 15.2. The van der Waals surface area contributed by atoms with Gasteiger partial charge in [0.15, 0.2) is 0 Å². The van der Waals surface area contributed by atoms with E-state index in [2.05, 4.69) is 12.1 Å². The lowest BCUT2D eigenvalue weighted by atomic mass is 9.97. The summed E-state index contributed by atoms with van der Waals surface area (Å²) in [5.41, 5.74) is 4.06. The molecule has 1 heterocycles. The number of allylic oxidation sites excluding steroid dienone is 3. The molecule has 4 rings (SSSR count). The van der Waals surface area contributed by atoms with Crippen molar-refractivity contribution in [2.24, 2.45) is 0 Å². The monoisotopic (exact) mass is 413 g/mol. The van der Waals surface area contributed by atoms with Crippen LogP contribution in [0.25, 0.3) is 16.8 Å². The van der Waals surface area contributed by atoms with E-state index in [0.717, 1.165) is 52.5 Å². The molecule has 1 aliphatic carbocycles. The summed E-state index contributed by atoms with van der Waals surface area (Å²) in [6.07, 6.45) is 10.6. The minimum atomic E-state index is -0.158. The zero-order valence-corrected chi connectivity index (χ0v) is 18.0. The van der Waals surface area contributed by atoms with Gasteiger partial charge in [0.1, 0.15) is 18.6 Å². The molecule has 0 aliphatic heterocycles. The standard InChI is InChI=1S/C27H27NO3/c1-3-5-7-12-23-16-22-15-20-13-14-21(17-29)24(20)26(25(22)27(28-23)30-4-2)31-18-19-10-8-6-9-11-19/h3,5-12,15-17,21H,4,13-14,18H2,1-2H3/b5-3+,12-7+. The first kappa shape index (κ1) is 20.9. The van der Waals surface area contributed by atoms with Crippen LogP contribution in [0.2, 0.25) is 0 Å². The molecule has 0 spiro atoms. The summed E-state index contributed by atoms with van der Waals surface area (Å²) in [5, 5.41) is 1.86. The van der Waals surface area contributed by atoms with Gasteiger partial charge in [-0.1, -0.05) is 54.6 Å². The summed E-state index contributed by atoms with van der Waals surface area (Å²) in [5.74, 6) is 1.11. The van der Waals surface area contributed by atoms with E-state index in [1.807, 2.05) is 68.5 Å². The number of nitrogens with zero attached hydrogens (tertiary/aromatic N) is 1. The number of benzene rings is 2. The second-order valence-corrected chi connectivity index (χ2v) is 7.60. The van der Waals surface area contributed by atoms with Crippen molar-refractivity contribution in [3.05, 3.63) is 83.1 Å². The molecular formula is C27H27NO3. The number of carbonyl (C=O) groups is 1. The van der Waals surface area contributed by atoms with Gasteiger partial charge < -0.3 is 14.3 Å². The average molecular weight is 414 g/mol. The number of rotatable bonds is 8. The summed E-state index contributed by atoms with van der Waals surface area (Å²) >= 11 is 0. The predicted molar refractivity (Wildman–Crippen MR) is 125 cm³/mol. The molecule has 1 aliphatic rings. The molecule has 0 N–H and O–H groups in total. The zero-order valence-electron chi connectivity index (χ0n) is 18.0. The fourth-order valence-corrected chi connectivity index (χ4v) is 4.12. The number of hydrogen-bond acceptors (Lipinski definition) is 4. The Morgan fingerprint density at radius 3 is 2.71 bits per heavy atom. The highest BCUT2D eigenvalue weighted by Crippen LogP contribution is 2.46. The van der Waals surface area contributed by atoms with Gasteiger partial charge in [-0.15, -0.1) is 0 Å². The first-order valence-corrected chi connectivity index (χ1v) is 10.8. The largest absolute Gasteiger partial charge is 0.488 e. The van der Waals surface area contributed by atoms with E-state index in [4.69, 9.17) is 14.5 Å². The van der Waals surface area contributed by atoms with E-state index in [1.54, 1.807) is 0 Å². The number of carbonyl (C=O) groups excluding carboxylic acids is 1. The molecule has 1 unspecified atom stereocenters. The smallest absolute Gasteiger partial charge is 0.225 e. The van der Waals surface area contributed by atoms with Crippen LogP contribution in [-0.2, 0) is 17.8 Å². The van der Waals surface area contributed by atoms with Crippen LogP contribution in [0.3, 0.4) is 0 Å². The number of pyridine rings is 1. The van der Waals surface area contributed by atoms with Crippen LogP contribution in [0.15, 0.2) is 60.7 Å². The van der Waals surface area contributed by atoms with Crippen LogP contribution >= 0.6 is 0 Å². The molecule has 0 fully saturated rings. The number of aromatic nitrogens is 1. The molecule has 31 heavy (non-hydrogen) atoms. The zero-order chi connectivity index (χ0) is 21.6. The van der Waals surface area contributed by atoms with E-state index < -0.39 is 0 Å². The van der Waals surface area contributed by atoms with Crippen molar-refractivity contribution >= 4 is 23.1 Å². The summed E-state index contributed by atoms with van der Waals surface area (Å²) in [7, 11) is 0. The minimum absolute atomic E-state index is 0.158. The van der Waals surface area contributed by atoms with E-state index in [-0.39, 0.29) is 5.92 Å². The van der Waals surface area contributed by atoms with Crippen LogP contribution in [0.4, 0.5) is 0 Å². The highest BCUT2D eigenvalue weighted by Gasteiger charge is 2.29. The van der Waals surface area contributed by atoms with Crippen LogP contribution in [0.1, 0.15) is 48.6 Å². The third-order valence-electron chi connectivity index (χ3n) is 5.52. The third kappa shape index (κ3) is 4.38. The molecule has 0 saturated heterocycles. The molecule has 2 aromatic carbocycles. The molecule has 0 radical (unpaired) electrons. The van der Waals surface area contributed by atoms with Crippen LogP contribution in [-0.4, -0.2) is 17.9 Å². The second-order valence-electron chi connectivity index (χ2n) is 7.60. The van der Waals surface area contributed by atoms with Gasteiger partial charge in [-0.25, -0.2) is 4.98 Å². The normalized spacial score (nSPS) is 15.6. The molecule has 4 nitrogen and oxygen atoms in total. The average Bonchev–Trinajstić information content (AvgIpc) is 3.20. The predicted octanol–water partition coefficient (Wildman–Crippen LogP) is 6.03. The Labute approximate surface area is 183 Å². The van der Waals surface area contributed by atoms with Crippen molar-refractivity contribution in [2.45, 2.75) is 39.2 Å². The second kappa shape index (κ2) is 9.61. The minimum Gasteiger partial charge on any atom is -0.488 e. The number of fused-ring (bicyclic) bond motifs is 2. The highest BCUT2D eigenvalue weighted by atomic mass is 16.5. The molecule has 3 aromatic rings. The molecule has 0 amide bonds. The number of aldehydes is 1. The Morgan fingerprint density at radius 2 is 1.97 bits per heavy atom. The SMILES string of the molecule is C/C=C/C=C/c1cc2cc3c(c(OCc4ccccc4)c2c(OCC)n1)C(C=O)CC3. The van der Waals surface area contributed by atoms with Crippen molar-refractivity contribution in [1.29, 1.82) is 0 Å². The maximum Gasteiger partial charge on any atom is 0.225 e. The lowest BCUT2D eigenvalue weighted by Crippen LogP contribution is -2.05. The van der Waals surface area contributed by atoms with Crippen molar-refractivity contribution in [1.82, 2.24) is 4.98 Å². The van der Waals surface area contributed by atoms with Gasteiger partial charge in [0.05, 0.1) is 17.7 Å². The summed E-state index contributed by atoms with van der Waals surface area (Å²) in [6.45, 7) is 4.85. The molecule has 1 atom stereocenters. The van der Waals surface area contributed by atoms with Crippen molar-refractivity contribution in [3.63, 3.8) is 0 Å². The summed E-state index contributed by atoms with van der Waals surface area (Å²) in [4.78, 5) is 16.6. The number of aryl methyl sites for hydroxylation is 1. The fourth-order valence-electron chi connectivity index (χ4n) is 4.12. The molecular weight excluding hydrogens is 386 g/mol. The van der Waals surface area contributed by atoms with E-state index in [1.165, 1.54) is 5.56 Å². The maximum atomic E-state index is 11.8. The van der Waals surface area contributed by atoms with Crippen LogP contribution in [0.5, 0.6) is 11.6 Å². The number of hydrogen-bond donors (Lipinski definition) is 0. The Bertz CT molecular complexity index is 1130. The van der Waals surface area contributed by atoms with Gasteiger partial charge in [-0.3, -0.25) is 0 Å². The fraction of sp³-hybridized carbons (Fsp3) is 0.259. The van der Waals surface area contributed by atoms with Gasteiger partial charge in [-0.05, 0) is 55.3 Å². The topological polar surface area (TPSA) is 48.4 Å². The molecule has 1 aromatic heterocycles. The Balaban J connectivity index is 1.89. The number of ether oxygens (including phenoxy) is 2. The van der Waals surface area contributed by atoms with Crippen molar-refractivity contribution in [2.75, 3.05) is 6.61 Å². The quantitative estimate of drug-likeness (QED) is 0.334. The molecule has 0 bridgehead atoms. The van der Waals surface area contributed by atoms with Gasteiger partial charge in [0, 0.05) is 11.5 Å². The first-order valence-electron chi connectivity index (χ1n) is 10.8. The van der Waals surface area contributed by atoms with Crippen molar-refractivity contribution in [3.8, 4) is 11.6 Å². The Hall–Kier alpha value is -3.40. The van der Waals surface area contributed by atoms with Gasteiger partial charge in [0.25, 0.3) is 0 Å². The van der Waals surface area contributed by atoms with Gasteiger partial charge >= 0.3 is 0 Å². The maximum absolute atomic E-state index is 11.8. The Morgan fingerprint density at radius 1 is 1.13 bits per heavy atom. The molecule has 0 saturated carbocycles. The van der Waals surface area contributed by atoms with E-state index in [0.29, 0.717) is 19.1 Å². The lowest BCUT2D eigenvalue weighted by Gasteiger charge is -2.19. The van der Waals surface area contributed by atoms with Gasteiger partial charge in [-0.2, -0.15) is 0 Å². The third-order valence-corrected chi connectivity index (χ3v) is 5.52. The van der Waals surface area contributed by atoms with Crippen molar-refractivity contribution < 1.29 is 14.3 Å². The van der Waals surface area contributed by atoms with Crippen LogP contribution < -0.4 is 9.47 Å². The van der Waals surface area contributed by atoms with Crippen LogP contribution in [0, 0.1) is 0 Å². The highest BCUT2D eigenvalue weighted by molar-refractivity contribution is 5.97. The summed E-state index contributed by atoms with van der Waals surface area (Å²) in [6, 6.07) is 14.3. The van der Waals surface area contributed by atoms with E-state index in [9.17, 15) is 4.79 Å². The molecule has 158 valence electrons. The molecule has 4 heteroatoms. The Kier molecular flexibility index (Phi) is 6.46. The van der Waals surface area contributed by atoms with Gasteiger partial charge in [0.2, 0.25) is 5.88 Å².